The molecule has 0 aromatic rings. The van der Waals surface area contributed by atoms with Crippen LogP contribution in [-0.2, 0) is 0 Å². The second kappa shape index (κ2) is 3.88. The predicted octanol–water partition coefficient (Wildman–Crippen LogP) is 0.661. The lowest BCUT2D eigenvalue weighted by Crippen LogP contribution is -2.25. The molecule has 0 amide bonds. The van der Waals surface area contributed by atoms with E-state index in [1.165, 1.54) is 0 Å². The van der Waals surface area contributed by atoms with Gasteiger partial charge in [-0.25, -0.2) is 0 Å². The molecule has 0 saturated heterocycles. The van der Waals surface area contributed by atoms with Gasteiger partial charge < -0.3 is 10.0 Å². The van der Waals surface area contributed by atoms with Crippen molar-refractivity contribution < 1.29 is 5.11 Å². The lowest BCUT2D eigenvalue weighted by Gasteiger charge is -2.13. The van der Waals surface area contributed by atoms with Crippen LogP contribution >= 0.6 is 11.6 Å². The number of hydrogen-bond acceptors (Lipinski definition) is 2. The number of halogens is 1. The van der Waals surface area contributed by atoms with Crippen LogP contribution in [0.25, 0.3) is 0 Å². The Morgan fingerprint density at radius 3 is 2.33 bits per heavy atom. The summed E-state index contributed by atoms with van der Waals surface area (Å²) in [5, 5.41) is 9.32. The Balaban J connectivity index is 3.50. The van der Waals surface area contributed by atoms with Crippen molar-refractivity contribution in [3.63, 3.8) is 0 Å². The summed E-state index contributed by atoms with van der Waals surface area (Å²) in [7, 11) is 3.73. The zero-order chi connectivity index (χ0) is 7.44. The first-order valence-electron chi connectivity index (χ1n) is 2.71. The van der Waals surface area contributed by atoms with Crippen molar-refractivity contribution in [3.8, 4) is 0 Å². The van der Waals surface area contributed by atoms with Crippen LogP contribution in [0.1, 0.15) is 0 Å². The van der Waals surface area contributed by atoms with Gasteiger partial charge in [-0.1, -0.05) is 18.2 Å². The zero-order valence-corrected chi connectivity index (χ0v) is 6.52. The molecule has 1 N–H and O–H groups in total. The molecule has 1 unspecified atom stereocenters. The van der Waals surface area contributed by atoms with Crippen molar-refractivity contribution >= 4 is 11.6 Å². The maximum Gasteiger partial charge on any atom is 0.102 e. The number of rotatable bonds is 3. The first kappa shape index (κ1) is 8.95. The Hall–Kier alpha value is -0.0500. The van der Waals surface area contributed by atoms with Crippen molar-refractivity contribution in [2.75, 3.05) is 20.6 Å². The summed E-state index contributed by atoms with van der Waals surface area (Å²) in [6, 6.07) is 0. The molecule has 0 bridgehead atoms. The van der Waals surface area contributed by atoms with E-state index in [1.807, 2.05) is 19.0 Å². The molecule has 0 aromatic carbocycles. The molecule has 54 valence electrons. The van der Waals surface area contributed by atoms with Crippen LogP contribution in [0.2, 0.25) is 0 Å². The second-order valence-electron chi connectivity index (χ2n) is 2.22. The van der Waals surface area contributed by atoms with Gasteiger partial charge in [0.15, 0.2) is 0 Å². The number of aliphatic hydroxyl groups excluding tert-OH is 1. The van der Waals surface area contributed by atoms with E-state index in [2.05, 4.69) is 6.58 Å². The monoisotopic (exact) mass is 149 g/mol. The van der Waals surface area contributed by atoms with Crippen LogP contribution in [-0.4, -0.2) is 36.8 Å². The summed E-state index contributed by atoms with van der Waals surface area (Å²) >= 11 is 5.40. The van der Waals surface area contributed by atoms with E-state index in [0.29, 0.717) is 11.6 Å². The molecular weight excluding hydrogens is 138 g/mol. The molecule has 9 heavy (non-hydrogen) atoms. The standard InChI is InChI=1S/C6H12ClNO/c1-5(7)6(9)4-8(2)3/h6,9H,1,4H2,2-3H3. The third-order valence-corrected chi connectivity index (χ3v) is 1.15. The fourth-order valence-electron chi connectivity index (χ4n) is 0.445. The van der Waals surface area contributed by atoms with Gasteiger partial charge in [0, 0.05) is 11.6 Å². The third-order valence-electron chi connectivity index (χ3n) is 0.900. The highest BCUT2D eigenvalue weighted by Gasteiger charge is 2.05. The highest BCUT2D eigenvalue weighted by atomic mass is 35.5. The number of nitrogens with zero attached hydrogens (tertiary/aromatic N) is 1. The summed E-state index contributed by atoms with van der Waals surface area (Å²) < 4.78 is 0. The van der Waals surface area contributed by atoms with Gasteiger partial charge in [-0.05, 0) is 14.1 Å². The minimum Gasteiger partial charge on any atom is -0.386 e. The van der Waals surface area contributed by atoms with Gasteiger partial charge >= 0.3 is 0 Å². The Morgan fingerprint density at radius 1 is 1.78 bits per heavy atom. The molecule has 0 rings (SSSR count). The summed E-state index contributed by atoms with van der Waals surface area (Å²) in [5.41, 5.74) is 0. The predicted molar refractivity (Wildman–Crippen MR) is 39.6 cm³/mol. The Bertz CT molecular complexity index is 103. The molecule has 1 atom stereocenters. The quantitative estimate of drug-likeness (QED) is 0.638. The van der Waals surface area contributed by atoms with Crippen LogP contribution in [0, 0.1) is 0 Å². The second-order valence-corrected chi connectivity index (χ2v) is 2.71. The third kappa shape index (κ3) is 4.45. The Kier molecular flexibility index (Phi) is 3.86. The summed E-state index contributed by atoms with van der Waals surface area (Å²) in [4.78, 5) is 1.85. The molecule has 0 saturated carbocycles. The van der Waals surface area contributed by atoms with E-state index in [9.17, 15) is 0 Å². The largest absolute Gasteiger partial charge is 0.386 e. The van der Waals surface area contributed by atoms with Crippen LogP contribution in [0.5, 0.6) is 0 Å². The van der Waals surface area contributed by atoms with E-state index < -0.39 is 6.10 Å². The average molecular weight is 150 g/mol. The number of aliphatic hydroxyl groups is 1. The molecule has 0 heterocycles. The fourth-order valence-corrected chi connectivity index (χ4v) is 0.514. The van der Waals surface area contributed by atoms with E-state index in [-0.39, 0.29) is 0 Å². The molecule has 0 aliphatic carbocycles. The van der Waals surface area contributed by atoms with Gasteiger partial charge in [0.2, 0.25) is 0 Å². The first-order valence-corrected chi connectivity index (χ1v) is 3.09. The van der Waals surface area contributed by atoms with Crippen molar-refractivity contribution in [1.29, 1.82) is 0 Å². The van der Waals surface area contributed by atoms with Gasteiger partial charge in [0.05, 0.1) is 0 Å². The zero-order valence-electron chi connectivity index (χ0n) is 5.76. The fraction of sp³-hybridized carbons (Fsp3) is 0.667. The SMILES string of the molecule is C=C(Cl)C(O)CN(C)C. The van der Waals surface area contributed by atoms with Crippen molar-refractivity contribution in [2.24, 2.45) is 0 Å². The van der Waals surface area contributed by atoms with Gasteiger partial charge in [0.25, 0.3) is 0 Å². The molecule has 0 fully saturated rings. The molecule has 0 spiro atoms. The van der Waals surface area contributed by atoms with E-state index in [4.69, 9.17) is 16.7 Å². The van der Waals surface area contributed by atoms with E-state index in [1.54, 1.807) is 0 Å². The topological polar surface area (TPSA) is 23.5 Å². The Morgan fingerprint density at radius 2 is 2.22 bits per heavy atom. The lowest BCUT2D eigenvalue weighted by molar-refractivity contribution is 0.175. The molecule has 3 heteroatoms. The van der Waals surface area contributed by atoms with E-state index in [0.717, 1.165) is 0 Å². The molecule has 0 aliphatic heterocycles. The van der Waals surface area contributed by atoms with E-state index >= 15 is 0 Å². The number of likely N-dealkylation sites (N-methyl/N-ethyl adjacent to an activating group) is 1. The minimum absolute atomic E-state index is 0.295. The van der Waals surface area contributed by atoms with Crippen LogP contribution < -0.4 is 0 Å². The smallest absolute Gasteiger partial charge is 0.102 e. The molecule has 0 radical (unpaired) electrons. The minimum atomic E-state index is -0.610. The molecule has 2 nitrogen and oxygen atoms in total. The summed E-state index contributed by atoms with van der Waals surface area (Å²) in [5.74, 6) is 0. The molecule has 0 aliphatic rings. The van der Waals surface area contributed by atoms with Gasteiger partial charge in [-0.3, -0.25) is 0 Å². The first-order chi connectivity index (χ1) is 4.04. The van der Waals surface area contributed by atoms with Crippen LogP contribution in [0.4, 0.5) is 0 Å². The van der Waals surface area contributed by atoms with Crippen molar-refractivity contribution in [3.05, 3.63) is 11.6 Å². The van der Waals surface area contributed by atoms with Gasteiger partial charge in [0.1, 0.15) is 6.10 Å². The van der Waals surface area contributed by atoms with Crippen molar-refractivity contribution in [1.82, 2.24) is 4.90 Å². The van der Waals surface area contributed by atoms with Gasteiger partial charge in [-0.2, -0.15) is 0 Å². The normalized spacial score (nSPS) is 13.9. The summed E-state index contributed by atoms with van der Waals surface area (Å²) in [6.07, 6.45) is -0.610. The van der Waals surface area contributed by atoms with Crippen molar-refractivity contribution in [2.45, 2.75) is 6.10 Å². The average Bonchev–Trinajstić information content (AvgIpc) is 1.63. The van der Waals surface area contributed by atoms with Gasteiger partial charge in [-0.15, -0.1) is 0 Å². The highest BCUT2D eigenvalue weighted by Crippen LogP contribution is 2.03. The maximum absolute atomic E-state index is 9.02. The summed E-state index contributed by atoms with van der Waals surface area (Å²) in [6.45, 7) is 3.93. The molecular formula is C6H12ClNO. The Labute approximate surface area is 60.7 Å². The lowest BCUT2D eigenvalue weighted by atomic mass is 10.3. The maximum atomic E-state index is 9.02. The number of hydrogen-bond donors (Lipinski definition) is 1. The highest BCUT2D eigenvalue weighted by molar-refractivity contribution is 6.29. The molecule has 0 aromatic heterocycles. The van der Waals surface area contributed by atoms with Crippen LogP contribution in [0.15, 0.2) is 11.6 Å². The van der Waals surface area contributed by atoms with Crippen LogP contribution in [0.3, 0.4) is 0 Å².